The minimum Gasteiger partial charge on any atom is -0.377 e. The molecule has 100 valence electrons. The molecular weight excluding hydrogens is 230 g/mol. The second-order valence-electron chi connectivity index (χ2n) is 4.64. The standard InChI is InChI=1S/C13H21N3O2/c1-3-12-11(6-5-7-18-12)13(17)15-10-8-14-16(4-2)9-10/h8-9,11-12H,3-7H2,1-2H3,(H,15,17). The summed E-state index contributed by atoms with van der Waals surface area (Å²) >= 11 is 0. The highest BCUT2D eigenvalue weighted by Crippen LogP contribution is 2.24. The number of rotatable bonds is 4. The first-order chi connectivity index (χ1) is 8.74. The first-order valence-corrected chi connectivity index (χ1v) is 6.69. The maximum atomic E-state index is 12.2. The average molecular weight is 251 g/mol. The molecule has 1 N–H and O–H groups in total. The summed E-state index contributed by atoms with van der Waals surface area (Å²) in [6.45, 7) is 5.65. The van der Waals surface area contributed by atoms with Crippen molar-refractivity contribution in [1.29, 1.82) is 0 Å². The number of nitrogens with zero attached hydrogens (tertiary/aromatic N) is 2. The van der Waals surface area contributed by atoms with Gasteiger partial charge < -0.3 is 10.1 Å². The molecule has 0 spiro atoms. The summed E-state index contributed by atoms with van der Waals surface area (Å²) in [7, 11) is 0. The fourth-order valence-corrected chi connectivity index (χ4v) is 2.38. The van der Waals surface area contributed by atoms with Crippen molar-refractivity contribution >= 4 is 11.6 Å². The third-order valence-corrected chi connectivity index (χ3v) is 3.40. The second kappa shape index (κ2) is 6.00. The number of amides is 1. The highest BCUT2D eigenvalue weighted by molar-refractivity contribution is 5.92. The van der Waals surface area contributed by atoms with Crippen molar-refractivity contribution in [2.24, 2.45) is 5.92 Å². The zero-order valence-corrected chi connectivity index (χ0v) is 11.1. The molecule has 5 nitrogen and oxygen atoms in total. The smallest absolute Gasteiger partial charge is 0.230 e. The van der Waals surface area contributed by atoms with E-state index in [1.54, 1.807) is 10.9 Å². The SMILES string of the molecule is CCC1OCCCC1C(=O)Nc1cnn(CC)c1. The Balaban J connectivity index is 1.97. The first-order valence-electron chi connectivity index (χ1n) is 6.69. The van der Waals surface area contributed by atoms with Crippen LogP contribution in [0.25, 0.3) is 0 Å². The molecule has 1 saturated heterocycles. The van der Waals surface area contributed by atoms with Crippen LogP contribution in [0.3, 0.4) is 0 Å². The molecule has 0 aromatic carbocycles. The van der Waals surface area contributed by atoms with Gasteiger partial charge in [-0.15, -0.1) is 0 Å². The molecule has 0 saturated carbocycles. The number of carbonyl (C=O) groups is 1. The van der Waals surface area contributed by atoms with Crippen LogP contribution in [0.2, 0.25) is 0 Å². The molecule has 0 aliphatic carbocycles. The Bertz CT molecular complexity index is 403. The molecule has 1 amide bonds. The fraction of sp³-hybridized carbons (Fsp3) is 0.692. The van der Waals surface area contributed by atoms with Crippen LogP contribution >= 0.6 is 0 Å². The van der Waals surface area contributed by atoms with E-state index in [-0.39, 0.29) is 17.9 Å². The number of hydrogen-bond acceptors (Lipinski definition) is 3. The van der Waals surface area contributed by atoms with Crippen LogP contribution in [0.5, 0.6) is 0 Å². The molecule has 1 aliphatic heterocycles. The lowest BCUT2D eigenvalue weighted by Crippen LogP contribution is -2.37. The number of hydrogen-bond donors (Lipinski definition) is 1. The lowest BCUT2D eigenvalue weighted by molar-refractivity contribution is -0.129. The van der Waals surface area contributed by atoms with Crippen LogP contribution in [0.15, 0.2) is 12.4 Å². The Morgan fingerprint density at radius 1 is 1.61 bits per heavy atom. The topological polar surface area (TPSA) is 56.1 Å². The first kappa shape index (κ1) is 13.1. The molecule has 2 rings (SSSR count). The van der Waals surface area contributed by atoms with Crippen LogP contribution in [0.4, 0.5) is 5.69 Å². The summed E-state index contributed by atoms with van der Waals surface area (Å²) in [5.74, 6) is 0.0194. The number of ether oxygens (including phenoxy) is 1. The molecule has 1 fully saturated rings. The third-order valence-electron chi connectivity index (χ3n) is 3.40. The number of aryl methyl sites for hydroxylation is 1. The van der Waals surface area contributed by atoms with Crippen LogP contribution in [0, 0.1) is 5.92 Å². The quantitative estimate of drug-likeness (QED) is 0.891. The molecule has 18 heavy (non-hydrogen) atoms. The summed E-state index contributed by atoms with van der Waals surface area (Å²) in [5.41, 5.74) is 0.766. The third kappa shape index (κ3) is 2.90. The minimum absolute atomic E-state index is 0.0336. The van der Waals surface area contributed by atoms with E-state index in [1.807, 2.05) is 13.1 Å². The molecule has 2 heterocycles. The van der Waals surface area contributed by atoms with E-state index in [4.69, 9.17) is 4.74 Å². The lowest BCUT2D eigenvalue weighted by Gasteiger charge is -2.29. The highest BCUT2D eigenvalue weighted by atomic mass is 16.5. The normalized spacial score (nSPS) is 23.9. The lowest BCUT2D eigenvalue weighted by atomic mass is 9.92. The van der Waals surface area contributed by atoms with E-state index < -0.39 is 0 Å². The number of carbonyl (C=O) groups excluding carboxylic acids is 1. The van der Waals surface area contributed by atoms with E-state index in [1.165, 1.54) is 0 Å². The second-order valence-corrected chi connectivity index (χ2v) is 4.64. The van der Waals surface area contributed by atoms with Gasteiger partial charge in [0, 0.05) is 19.3 Å². The summed E-state index contributed by atoms with van der Waals surface area (Å²) in [6.07, 6.45) is 6.34. The molecule has 1 aromatic rings. The molecule has 2 atom stereocenters. The molecule has 0 radical (unpaired) electrons. The number of anilines is 1. The van der Waals surface area contributed by atoms with Crippen LogP contribution in [-0.2, 0) is 16.1 Å². The monoisotopic (exact) mass is 251 g/mol. The van der Waals surface area contributed by atoms with Gasteiger partial charge in [-0.1, -0.05) is 6.92 Å². The summed E-state index contributed by atoms with van der Waals surface area (Å²) in [4.78, 5) is 12.2. The Labute approximate surface area is 108 Å². The van der Waals surface area contributed by atoms with Gasteiger partial charge in [-0.3, -0.25) is 9.48 Å². The predicted octanol–water partition coefficient (Wildman–Crippen LogP) is 2.05. The number of nitrogens with one attached hydrogen (secondary N) is 1. The van der Waals surface area contributed by atoms with Crippen molar-refractivity contribution in [2.45, 2.75) is 45.8 Å². The van der Waals surface area contributed by atoms with Gasteiger partial charge in [0.25, 0.3) is 0 Å². The Morgan fingerprint density at radius 2 is 2.44 bits per heavy atom. The largest absolute Gasteiger partial charge is 0.377 e. The van der Waals surface area contributed by atoms with Crippen LogP contribution in [0.1, 0.15) is 33.1 Å². The van der Waals surface area contributed by atoms with E-state index in [2.05, 4.69) is 17.3 Å². The van der Waals surface area contributed by atoms with Gasteiger partial charge in [0.15, 0.2) is 0 Å². The van der Waals surface area contributed by atoms with Crippen molar-refractivity contribution in [3.8, 4) is 0 Å². The van der Waals surface area contributed by atoms with Gasteiger partial charge in [0.1, 0.15) is 0 Å². The Hall–Kier alpha value is -1.36. The molecule has 5 heteroatoms. The van der Waals surface area contributed by atoms with Crippen LogP contribution < -0.4 is 5.32 Å². The van der Waals surface area contributed by atoms with Crippen LogP contribution in [-0.4, -0.2) is 28.4 Å². The van der Waals surface area contributed by atoms with Crippen molar-refractivity contribution in [1.82, 2.24) is 9.78 Å². The van der Waals surface area contributed by atoms with Gasteiger partial charge in [0.05, 0.1) is 23.9 Å². The van der Waals surface area contributed by atoms with Crippen molar-refractivity contribution < 1.29 is 9.53 Å². The predicted molar refractivity (Wildman–Crippen MR) is 69.3 cm³/mol. The highest BCUT2D eigenvalue weighted by Gasteiger charge is 2.30. The molecular formula is C13H21N3O2. The molecule has 2 unspecified atom stereocenters. The van der Waals surface area contributed by atoms with Gasteiger partial charge in [-0.2, -0.15) is 5.10 Å². The maximum Gasteiger partial charge on any atom is 0.230 e. The van der Waals surface area contributed by atoms with Crippen molar-refractivity contribution in [2.75, 3.05) is 11.9 Å². The fourth-order valence-electron chi connectivity index (χ4n) is 2.38. The Morgan fingerprint density at radius 3 is 3.11 bits per heavy atom. The van der Waals surface area contributed by atoms with Gasteiger partial charge >= 0.3 is 0 Å². The van der Waals surface area contributed by atoms with Crippen molar-refractivity contribution in [3.63, 3.8) is 0 Å². The summed E-state index contributed by atoms with van der Waals surface area (Å²) in [5, 5.41) is 7.07. The zero-order valence-electron chi connectivity index (χ0n) is 11.1. The summed E-state index contributed by atoms with van der Waals surface area (Å²) in [6, 6.07) is 0. The Kier molecular flexibility index (Phi) is 4.36. The molecule has 1 aliphatic rings. The molecule has 1 aromatic heterocycles. The van der Waals surface area contributed by atoms with E-state index in [0.29, 0.717) is 0 Å². The number of aromatic nitrogens is 2. The van der Waals surface area contributed by atoms with E-state index in [0.717, 1.165) is 38.1 Å². The van der Waals surface area contributed by atoms with Gasteiger partial charge in [-0.25, -0.2) is 0 Å². The van der Waals surface area contributed by atoms with Gasteiger partial charge in [-0.05, 0) is 26.2 Å². The summed E-state index contributed by atoms with van der Waals surface area (Å²) < 4.78 is 7.44. The minimum atomic E-state index is -0.0336. The van der Waals surface area contributed by atoms with Gasteiger partial charge in [0.2, 0.25) is 5.91 Å². The maximum absolute atomic E-state index is 12.2. The van der Waals surface area contributed by atoms with E-state index >= 15 is 0 Å². The average Bonchev–Trinajstić information content (AvgIpc) is 2.86. The van der Waals surface area contributed by atoms with E-state index in [9.17, 15) is 4.79 Å². The van der Waals surface area contributed by atoms with Crippen molar-refractivity contribution in [3.05, 3.63) is 12.4 Å². The zero-order chi connectivity index (χ0) is 13.0. The molecule has 0 bridgehead atoms.